The third-order valence-electron chi connectivity index (χ3n) is 5.12. The van der Waals surface area contributed by atoms with Crippen LogP contribution in [-0.4, -0.2) is 56.1 Å². The molecule has 0 spiro atoms. The Morgan fingerprint density at radius 3 is 2.19 bits per heavy atom. The normalized spacial score (nSPS) is 18.9. The van der Waals surface area contributed by atoms with Gasteiger partial charge in [0.25, 0.3) is 5.91 Å². The van der Waals surface area contributed by atoms with E-state index in [-0.39, 0.29) is 4.90 Å². The molecule has 9 nitrogen and oxygen atoms in total. The molecule has 0 saturated carbocycles. The van der Waals surface area contributed by atoms with E-state index >= 15 is 0 Å². The van der Waals surface area contributed by atoms with Crippen LogP contribution in [0.2, 0.25) is 0 Å². The summed E-state index contributed by atoms with van der Waals surface area (Å²) in [4.78, 5) is 38.7. The molecule has 0 unspecified atom stereocenters. The number of aryl methyl sites for hydroxylation is 1. The van der Waals surface area contributed by atoms with Gasteiger partial charge in [-0.1, -0.05) is 29.8 Å². The maximum atomic E-state index is 12.9. The first-order chi connectivity index (χ1) is 14.4. The van der Waals surface area contributed by atoms with Gasteiger partial charge in [0.05, 0.1) is 4.90 Å². The van der Waals surface area contributed by atoms with E-state index in [9.17, 15) is 22.8 Å². The minimum absolute atomic E-state index is 0.0819. The van der Waals surface area contributed by atoms with Gasteiger partial charge in [0.1, 0.15) is 12.1 Å². The predicted octanol–water partition coefficient (Wildman–Crippen LogP) is 1.65. The summed E-state index contributed by atoms with van der Waals surface area (Å²) in [5.41, 5.74) is 0.727. The van der Waals surface area contributed by atoms with E-state index in [1.807, 2.05) is 19.1 Å². The van der Waals surface area contributed by atoms with Crippen molar-refractivity contribution in [1.29, 1.82) is 0 Å². The molecule has 1 heterocycles. The van der Waals surface area contributed by atoms with Crippen molar-refractivity contribution in [3.8, 4) is 0 Å². The van der Waals surface area contributed by atoms with Gasteiger partial charge in [-0.3, -0.25) is 14.5 Å². The summed E-state index contributed by atoms with van der Waals surface area (Å²) in [5.74, 6) is -1.11. The third kappa shape index (κ3) is 4.30. The number of amides is 4. The number of sulfonamides is 1. The van der Waals surface area contributed by atoms with Crippen molar-refractivity contribution in [3.05, 3.63) is 59.7 Å². The van der Waals surface area contributed by atoms with Crippen LogP contribution in [0.15, 0.2) is 53.4 Å². The number of benzene rings is 2. The average Bonchev–Trinajstić information content (AvgIpc) is 2.92. The van der Waals surface area contributed by atoms with Crippen LogP contribution in [0, 0.1) is 6.92 Å². The summed E-state index contributed by atoms with van der Waals surface area (Å²) in [5, 5.41) is 5.23. The van der Waals surface area contributed by atoms with Crippen molar-refractivity contribution in [2.24, 2.45) is 0 Å². The Hall–Kier alpha value is -3.24. The quantitative estimate of drug-likeness (QED) is 0.658. The van der Waals surface area contributed by atoms with Gasteiger partial charge in [0, 0.05) is 19.8 Å². The van der Waals surface area contributed by atoms with Crippen LogP contribution in [0.5, 0.6) is 0 Å². The van der Waals surface area contributed by atoms with Gasteiger partial charge < -0.3 is 10.6 Å². The Bertz CT molecular complexity index is 1130. The van der Waals surface area contributed by atoms with Crippen LogP contribution in [0.4, 0.5) is 10.5 Å². The zero-order valence-electron chi connectivity index (χ0n) is 17.7. The maximum absolute atomic E-state index is 12.9. The van der Waals surface area contributed by atoms with Crippen molar-refractivity contribution >= 4 is 33.6 Å². The lowest BCUT2D eigenvalue weighted by molar-refractivity contribution is -0.133. The fourth-order valence-corrected chi connectivity index (χ4v) is 4.09. The second-order valence-corrected chi connectivity index (χ2v) is 9.82. The summed E-state index contributed by atoms with van der Waals surface area (Å²) in [6, 6.07) is 12.2. The molecule has 1 aliphatic rings. The number of carbonyl (C=O) groups excluding carboxylic acids is 3. The Morgan fingerprint density at radius 1 is 1.06 bits per heavy atom. The highest BCUT2D eigenvalue weighted by atomic mass is 32.2. The van der Waals surface area contributed by atoms with Crippen LogP contribution in [0.1, 0.15) is 18.1 Å². The van der Waals surface area contributed by atoms with E-state index in [2.05, 4.69) is 10.6 Å². The topological polar surface area (TPSA) is 116 Å². The predicted molar refractivity (Wildman–Crippen MR) is 115 cm³/mol. The first-order valence-electron chi connectivity index (χ1n) is 9.49. The number of hydrogen-bond donors (Lipinski definition) is 2. The molecule has 1 fully saturated rings. The summed E-state index contributed by atoms with van der Waals surface area (Å²) >= 11 is 0. The number of anilines is 1. The molecule has 0 aliphatic carbocycles. The molecule has 0 aromatic heterocycles. The molecule has 164 valence electrons. The maximum Gasteiger partial charge on any atom is 0.325 e. The molecular formula is C21H24N4O5S. The van der Waals surface area contributed by atoms with Crippen molar-refractivity contribution < 1.29 is 22.8 Å². The summed E-state index contributed by atoms with van der Waals surface area (Å²) in [7, 11) is -0.734. The highest BCUT2D eigenvalue weighted by Gasteiger charge is 2.49. The number of urea groups is 1. The molecule has 3 rings (SSSR count). The number of rotatable bonds is 6. The molecule has 0 radical (unpaired) electrons. The second-order valence-electron chi connectivity index (χ2n) is 7.67. The molecule has 0 bridgehead atoms. The molecular weight excluding hydrogens is 420 g/mol. The van der Waals surface area contributed by atoms with E-state index in [1.54, 1.807) is 19.1 Å². The molecule has 4 amide bonds. The van der Waals surface area contributed by atoms with Gasteiger partial charge in [0.2, 0.25) is 15.9 Å². The Morgan fingerprint density at radius 2 is 1.65 bits per heavy atom. The zero-order valence-corrected chi connectivity index (χ0v) is 18.5. The monoisotopic (exact) mass is 444 g/mol. The number of imide groups is 1. The van der Waals surface area contributed by atoms with E-state index in [4.69, 9.17) is 0 Å². The SMILES string of the molecule is Cc1ccc([C@@]2(C)NC(=O)N(CC(=O)Nc3ccc(S(=O)(=O)N(C)C)cc3)C2=O)cc1. The van der Waals surface area contributed by atoms with E-state index in [1.165, 1.54) is 38.4 Å². The van der Waals surface area contributed by atoms with Crippen LogP contribution in [0.25, 0.3) is 0 Å². The minimum atomic E-state index is -3.58. The first kappa shape index (κ1) is 22.4. The second kappa shape index (κ2) is 8.12. The molecule has 10 heteroatoms. The van der Waals surface area contributed by atoms with Crippen LogP contribution in [0.3, 0.4) is 0 Å². The highest BCUT2D eigenvalue weighted by Crippen LogP contribution is 2.29. The standard InChI is InChI=1S/C21H24N4O5S/c1-14-5-7-15(8-6-14)21(2)19(27)25(20(28)23-21)13-18(26)22-16-9-11-17(12-10-16)31(29,30)24(3)4/h5-12H,13H2,1-4H3,(H,22,26)(H,23,28)/t21-/m1/s1. The largest absolute Gasteiger partial charge is 0.325 e. The van der Waals surface area contributed by atoms with Crippen LogP contribution in [-0.2, 0) is 25.2 Å². The van der Waals surface area contributed by atoms with Crippen molar-refractivity contribution in [3.63, 3.8) is 0 Å². The molecule has 2 aromatic rings. The molecule has 1 saturated heterocycles. The van der Waals surface area contributed by atoms with Gasteiger partial charge in [-0.05, 0) is 43.7 Å². The van der Waals surface area contributed by atoms with Crippen LogP contribution < -0.4 is 10.6 Å². The number of nitrogens with zero attached hydrogens (tertiary/aromatic N) is 2. The minimum Gasteiger partial charge on any atom is -0.325 e. The third-order valence-corrected chi connectivity index (χ3v) is 6.95. The number of hydrogen-bond acceptors (Lipinski definition) is 5. The lowest BCUT2D eigenvalue weighted by atomic mass is 9.91. The molecule has 31 heavy (non-hydrogen) atoms. The zero-order chi connectivity index (χ0) is 23.0. The summed E-state index contributed by atoms with van der Waals surface area (Å²) in [6.07, 6.45) is 0. The molecule has 2 aromatic carbocycles. The van der Waals surface area contributed by atoms with Gasteiger partial charge in [-0.25, -0.2) is 17.5 Å². The van der Waals surface area contributed by atoms with Gasteiger partial charge in [-0.15, -0.1) is 0 Å². The highest BCUT2D eigenvalue weighted by molar-refractivity contribution is 7.89. The van der Waals surface area contributed by atoms with E-state index in [0.717, 1.165) is 14.8 Å². The molecule has 2 N–H and O–H groups in total. The lowest BCUT2D eigenvalue weighted by Crippen LogP contribution is -2.42. The summed E-state index contributed by atoms with van der Waals surface area (Å²) < 4.78 is 25.3. The fourth-order valence-electron chi connectivity index (χ4n) is 3.19. The number of carbonyl (C=O) groups is 3. The van der Waals surface area contributed by atoms with Gasteiger partial charge >= 0.3 is 6.03 Å². The van der Waals surface area contributed by atoms with Crippen molar-refractivity contribution in [2.75, 3.05) is 26.0 Å². The van der Waals surface area contributed by atoms with Crippen molar-refractivity contribution in [1.82, 2.24) is 14.5 Å². The Kier molecular flexibility index (Phi) is 5.88. The molecule has 1 atom stereocenters. The Balaban J connectivity index is 1.70. The fraction of sp³-hybridized carbons (Fsp3) is 0.286. The molecule has 1 aliphatic heterocycles. The van der Waals surface area contributed by atoms with Crippen LogP contribution >= 0.6 is 0 Å². The summed E-state index contributed by atoms with van der Waals surface area (Å²) in [6.45, 7) is 3.05. The van der Waals surface area contributed by atoms with Gasteiger partial charge in [-0.2, -0.15) is 0 Å². The Labute approximate surface area is 181 Å². The lowest BCUT2D eigenvalue weighted by Gasteiger charge is -2.22. The van der Waals surface area contributed by atoms with Gasteiger partial charge in [0.15, 0.2) is 0 Å². The van der Waals surface area contributed by atoms with Crippen molar-refractivity contribution in [2.45, 2.75) is 24.3 Å². The number of nitrogens with one attached hydrogen (secondary N) is 2. The van der Waals surface area contributed by atoms with E-state index in [0.29, 0.717) is 11.3 Å². The van der Waals surface area contributed by atoms with E-state index < -0.39 is 40.0 Å². The average molecular weight is 445 g/mol. The smallest absolute Gasteiger partial charge is 0.325 e. The first-order valence-corrected chi connectivity index (χ1v) is 10.9.